The van der Waals surface area contributed by atoms with E-state index in [2.05, 4.69) is 4.74 Å². The van der Waals surface area contributed by atoms with Gasteiger partial charge in [-0.05, 0) is 20.8 Å². The van der Waals surface area contributed by atoms with Gasteiger partial charge in [0.05, 0.1) is 5.60 Å². The summed E-state index contributed by atoms with van der Waals surface area (Å²) in [5.41, 5.74) is -0.495. The molecule has 0 aromatic heterocycles. The predicted molar refractivity (Wildman–Crippen MR) is 40.6 cm³/mol. The summed E-state index contributed by atoms with van der Waals surface area (Å²) in [5.74, 6) is -2.17. The Bertz CT molecular complexity index is 247. The number of rotatable bonds is 2. The molecule has 6 heteroatoms. The minimum Gasteiger partial charge on any atom is -0.453 e. The highest BCUT2D eigenvalue weighted by atomic mass is 19.4. The maximum Gasteiger partial charge on any atom is 0.490 e. The van der Waals surface area contributed by atoms with E-state index in [0.29, 0.717) is 0 Å². The Balaban J connectivity index is 2.43. The van der Waals surface area contributed by atoms with Crippen molar-refractivity contribution in [2.45, 2.75) is 44.8 Å². The van der Waals surface area contributed by atoms with Crippen LogP contribution in [0.5, 0.6) is 0 Å². The van der Waals surface area contributed by atoms with Gasteiger partial charge in [0, 0.05) is 0 Å². The highest BCUT2D eigenvalue weighted by molar-refractivity contribution is 5.75. The van der Waals surface area contributed by atoms with Crippen molar-refractivity contribution in [1.29, 1.82) is 0 Å². The van der Waals surface area contributed by atoms with Gasteiger partial charge in [0.15, 0.2) is 0 Å². The van der Waals surface area contributed by atoms with Gasteiger partial charge < -0.3 is 9.47 Å². The van der Waals surface area contributed by atoms with Crippen molar-refractivity contribution in [2.24, 2.45) is 0 Å². The first-order valence-corrected chi connectivity index (χ1v) is 4.10. The third-order valence-corrected chi connectivity index (χ3v) is 2.01. The maximum atomic E-state index is 11.8. The van der Waals surface area contributed by atoms with Crippen LogP contribution in [0.2, 0.25) is 0 Å². The minimum absolute atomic E-state index is 0.450. The number of ether oxygens (including phenoxy) is 2. The average molecular weight is 212 g/mol. The molecule has 0 saturated carbocycles. The third-order valence-electron chi connectivity index (χ3n) is 2.01. The van der Waals surface area contributed by atoms with Crippen molar-refractivity contribution in [3.8, 4) is 0 Å². The van der Waals surface area contributed by atoms with Gasteiger partial charge in [-0.15, -0.1) is 0 Å². The fraction of sp³-hybridized carbons (Fsp3) is 0.875. The molecule has 1 heterocycles. The molecule has 0 bridgehead atoms. The molecule has 0 aromatic rings. The molecule has 1 aliphatic rings. The van der Waals surface area contributed by atoms with Crippen molar-refractivity contribution >= 4 is 5.97 Å². The van der Waals surface area contributed by atoms with Gasteiger partial charge in [0.2, 0.25) is 0 Å². The fourth-order valence-electron chi connectivity index (χ4n) is 1.25. The van der Waals surface area contributed by atoms with E-state index in [1.54, 1.807) is 13.8 Å². The molecule has 0 unspecified atom stereocenters. The molecular formula is C8H11F3O3. The van der Waals surface area contributed by atoms with E-state index in [-0.39, 0.29) is 0 Å². The highest BCUT2D eigenvalue weighted by Crippen LogP contribution is 2.39. The lowest BCUT2D eigenvalue weighted by atomic mass is 10.1. The summed E-state index contributed by atoms with van der Waals surface area (Å²) in [4.78, 5) is 10.4. The maximum absolute atomic E-state index is 11.8. The van der Waals surface area contributed by atoms with Gasteiger partial charge in [0.25, 0.3) is 0 Å². The van der Waals surface area contributed by atoms with Gasteiger partial charge in [0.1, 0.15) is 12.2 Å². The van der Waals surface area contributed by atoms with E-state index in [0.717, 1.165) is 0 Å². The standard InChI is InChI=1S/C8H11F3O3/c1-4(5-7(2,3)14-5)13-6(12)8(9,10)11/h4-5H,1-3H3/t4-,5-/m1/s1. The zero-order valence-corrected chi connectivity index (χ0v) is 8.01. The molecule has 14 heavy (non-hydrogen) atoms. The van der Waals surface area contributed by atoms with Crippen LogP contribution in [-0.2, 0) is 14.3 Å². The summed E-state index contributed by atoms with van der Waals surface area (Å²) >= 11 is 0. The zero-order valence-electron chi connectivity index (χ0n) is 8.01. The van der Waals surface area contributed by atoms with Gasteiger partial charge >= 0.3 is 12.1 Å². The summed E-state index contributed by atoms with van der Waals surface area (Å²) in [7, 11) is 0. The predicted octanol–water partition coefficient (Wildman–Crippen LogP) is 1.66. The average Bonchev–Trinajstić information content (AvgIpc) is 2.57. The Kier molecular flexibility index (Phi) is 2.51. The number of hydrogen-bond acceptors (Lipinski definition) is 3. The number of halogens is 3. The Labute approximate surface area is 79.2 Å². The summed E-state index contributed by atoms with van der Waals surface area (Å²) < 4.78 is 44.5. The lowest BCUT2D eigenvalue weighted by molar-refractivity contribution is -0.204. The largest absolute Gasteiger partial charge is 0.490 e. The van der Waals surface area contributed by atoms with Crippen LogP contribution in [-0.4, -0.2) is 30.0 Å². The van der Waals surface area contributed by atoms with Gasteiger partial charge in [-0.25, -0.2) is 4.79 Å². The number of esters is 1. The highest BCUT2D eigenvalue weighted by Gasteiger charge is 2.54. The second-order valence-corrected chi connectivity index (χ2v) is 3.75. The Hall–Kier alpha value is -0.780. The van der Waals surface area contributed by atoms with Crippen molar-refractivity contribution in [2.75, 3.05) is 0 Å². The molecule has 0 spiro atoms. The first-order valence-electron chi connectivity index (χ1n) is 4.10. The quantitative estimate of drug-likeness (QED) is 0.516. The first-order chi connectivity index (χ1) is 6.14. The third kappa shape index (κ3) is 2.37. The second kappa shape index (κ2) is 3.12. The molecular weight excluding hydrogens is 201 g/mol. The molecule has 0 aromatic carbocycles. The van der Waals surface area contributed by atoms with Crippen molar-refractivity contribution in [3.05, 3.63) is 0 Å². The van der Waals surface area contributed by atoms with E-state index in [9.17, 15) is 18.0 Å². The fourth-order valence-corrected chi connectivity index (χ4v) is 1.25. The van der Waals surface area contributed by atoms with Crippen LogP contribution in [0.3, 0.4) is 0 Å². The topological polar surface area (TPSA) is 38.8 Å². The van der Waals surface area contributed by atoms with Crippen LogP contribution in [0.25, 0.3) is 0 Å². The molecule has 2 atom stereocenters. The normalized spacial score (nSPS) is 26.9. The molecule has 1 saturated heterocycles. The minimum atomic E-state index is -4.94. The van der Waals surface area contributed by atoms with Crippen molar-refractivity contribution in [3.63, 3.8) is 0 Å². The monoisotopic (exact) mass is 212 g/mol. The van der Waals surface area contributed by atoms with E-state index in [1.165, 1.54) is 6.92 Å². The molecule has 1 aliphatic heterocycles. The summed E-state index contributed by atoms with van der Waals surface area (Å²) in [6.07, 6.45) is -6.26. The van der Waals surface area contributed by atoms with E-state index >= 15 is 0 Å². The van der Waals surface area contributed by atoms with E-state index in [1.807, 2.05) is 0 Å². The Morgan fingerprint density at radius 1 is 1.50 bits per heavy atom. The van der Waals surface area contributed by atoms with Crippen molar-refractivity contribution in [1.82, 2.24) is 0 Å². The van der Waals surface area contributed by atoms with E-state index in [4.69, 9.17) is 4.74 Å². The van der Waals surface area contributed by atoms with Crippen LogP contribution in [0.4, 0.5) is 13.2 Å². The lowest BCUT2D eigenvalue weighted by Crippen LogP contribution is -2.32. The first kappa shape index (κ1) is 11.3. The van der Waals surface area contributed by atoms with E-state index < -0.39 is 30.0 Å². The molecule has 0 aliphatic carbocycles. The zero-order chi connectivity index (χ0) is 11.1. The van der Waals surface area contributed by atoms with Crippen LogP contribution in [0.15, 0.2) is 0 Å². The summed E-state index contributed by atoms with van der Waals surface area (Å²) in [6.45, 7) is 4.81. The Morgan fingerprint density at radius 2 is 1.93 bits per heavy atom. The van der Waals surface area contributed by atoms with Crippen LogP contribution in [0, 0.1) is 0 Å². The number of epoxide rings is 1. The van der Waals surface area contributed by atoms with Crippen molar-refractivity contribution < 1.29 is 27.4 Å². The number of alkyl halides is 3. The van der Waals surface area contributed by atoms with Crippen LogP contribution < -0.4 is 0 Å². The number of hydrogen-bond donors (Lipinski definition) is 0. The molecule has 1 fully saturated rings. The molecule has 3 nitrogen and oxygen atoms in total. The number of carbonyl (C=O) groups excluding carboxylic acids is 1. The van der Waals surface area contributed by atoms with Crippen LogP contribution in [0.1, 0.15) is 20.8 Å². The summed E-state index contributed by atoms with van der Waals surface area (Å²) in [6, 6.07) is 0. The molecule has 1 rings (SSSR count). The molecule has 0 amide bonds. The van der Waals surface area contributed by atoms with Crippen LogP contribution >= 0.6 is 0 Å². The van der Waals surface area contributed by atoms with Gasteiger partial charge in [-0.1, -0.05) is 0 Å². The van der Waals surface area contributed by atoms with Gasteiger partial charge in [-0.2, -0.15) is 13.2 Å². The number of carbonyl (C=O) groups is 1. The molecule has 82 valence electrons. The second-order valence-electron chi connectivity index (χ2n) is 3.75. The SMILES string of the molecule is C[C@@H](OC(=O)C(F)(F)F)[C@H]1OC1(C)C. The lowest BCUT2D eigenvalue weighted by Gasteiger charge is -2.12. The summed E-state index contributed by atoms with van der Waals surface area (Å²) in [5, 5.41) is 0. The Morgan fingerprint density at radius 3 is 2.21 bits per heavy atom. The van der Waals surface area contributed by atoms with Gasteiger partial charge in [-0.3, -0.25) is 0 Å². The molecule has 0 N–H and O–H groups in total. The smallest absolute Gasteiger partial charge is 0.453 e. The molecule has 0 radical (unpaired) electrons.